The number of sulfonamides is 1. The molecule has 2 fully saturated rings. The quantitative estimate of drug-likeness (QED) is 0.695. The summed E-state index contributed by atoms with van der Waals surface area (Å²) in [6, 6.07) is 6.18. The number of hydrogen-bond acceptors (Lipinski definition) is 5. The lowest BCUT2D eigenvalue weighted by atomic mass is 9.94. The van der Waals surface area contributed by atoms with Crippen molar-refractivity contribution in [2.75, 3.05) is 31.6 Å². The van der Waals surface area contributed by atoms with Crippen LogP contribution in [0, 0.1) is 5.92 Å². The molecule has 2 aliphatic heterocycles. The van der Waals surface area contributed by atoms with Gasteiger partial charge in [0.05, 0.1) is 11.0 Å². The van der Waals surface area contributed by atoms with Crippen LogP contribution < -0.4 is 10.6 Å². The Hall–Kier alpha value is -1.97. The third-order valence-electron chi connectivity index (χ3n) is 5.41. The van der Waals surface area contributed by atoms with Crippen molar-refractivity contribution in [3.63, 3.8) is 0 Å². The van der Waals surface area contributed by atoms with E-state index in [1.807, 2.05) is 0 Å². The summed E-state index contributed by atoms with van der Waals surface area (Å²) in [5, 5.41) is 5.55. The Balaban J connectivity index is 1.47. The third-order valence-corrected chi connectivity index (χ3v) is 7.32. The molecule has 29 heavy (non-hydrogen) atoms. The van der Waals surface area contributed by atoms with E-state index in [2.05, 4.69) is 10.6 Å². The molecule has 1 aromatic rings. The summed E-state index contributed by atoms with van der Waals surface area (Å²) >= 11 is 0. The number of hydrogen-bond donors (Lipinski definition) is 2. The van der Waals surface area contributed by atoms with E-state index in [9.17, 15) is 18.0 Å². The largest absolute Gasteiger partial charge is 0.376 e. The van der Waals surface area contributed by atoms with Crippen LogP contribution in [0.1, 0.15) is 39.0 Å². The van der Waals surface area contributed by atoms with Gasteiger partial charge in [-0.25, -0.2) is 8.42 Å². The maximum Gasteiger partial charge on any atom is 0.243 e. The number of rotatable bonds is 7. The molecule has 9 heteroatoms. The van der Waals surface area contributed by atoms with Gasteiger partial charge in [-0.15, -0.1) is 0 Å². The fourth-order valence-electron chi connectivity index (χ4n) is 3.78. The zero-order valence-electron chi connectivity index (χ0n) is 16.7. The van der Waals surface area contributed by atoms with Crippen molar-refractivity contribution in [1.29, 1.82) is 0 Å². The normalized spacial score (nSPS) is 21.1. The minimum absolute atomic E-state index is 0.00960. The van der Waals surface area contributed by atoms with Crippen molar-refractivity contribution >= 4 is 27.5 Å². The van der Waals surface area contributed by atoms with Crippen molar-refractivity contribution < 1.29 is 22.7 Å². The van der Waals surface area contributed by atoms with E-state index in [1.54, 1.807) is 12.1 Å². The third kappa shape index (κ3) is 6.01. The molecule has 0 bridgehead atoms. The van der Waals surface area contributed by atoms with Crippen molar-refractivity contribution in [3.05, 3.63) is 24.3 Å². The lowest BCUT2D eigenvalue weighted by molar-refractivity contribution is -0.122. The van der Waals surface area contributed by atoms with Gasteiger partial charge in [-0.1, -0.05) is 0 Å². The first-order chi connectivity index (χ1) is 13.8. The second-order valence-corrected chi connectivity index (χ2v) is 9.63. The highest BCUT2D eigenvalue weighted by molar-refractivity contribution is 7.89. The van der Waals surface area contributed by atoms with E-state index < -0.39 is 10.0 Å². The molecule has 160 valence electrons. The van der Waals surface area contributed by atoms with E-state index in [0.29, 0.717) is 44.6 Å². The first-order valence-corrected chi connectivity index (χ1v) is 11.5. The Kier molecular flexibility index (Phi) is 7.26. The lowest BCUT2D eigenvalue weighted by Gasteiger charge is -2.31. The van der Waals surface area contributed by atoms with E-state index in [1.165, 1.54) is 23.4 Å². The number of nitrogens with one attached hydrogen (secondary N) is 2. The van der Waals surface area contributed by atoms with Crippen LogP contribution in [0.4, 0.5) is 5.69 Å². The Bertz CT molecular complexity index is 811. The number of anilines is 1. The number of nitrogens with zero attached hydrogens (tertiary/aromatic N) is 1. The Labute approximate surface area is 172 Å². The van der Waals surface area contributed by atoms with Crippen molar-refractivity contribution in [1.82, 2.24) is 9.62 Å². The molecular formula is C20H29N3O5S. The van der Waals surface area contributed by atoms with Gasteiger partial charge in [0.15, 0.2) is 0 Å². The molecule has 0 aliphatic carbocycles. The van der Waals surface area contributed by atoms with Crippen molar-refractivity contribution in [3.8, 4) is 0 Å². The van der Waals surface area contributed by atoms with Gasteiger partial charge >= 0.3 is 0 Å². The summed E-state index contributed by atoms with van der Waals surface area (Å²) in [6.45, 7) is 3.53. The van der Waals surface area contributed by atoms with E-state index in [4.69, 9.17) is 4.74 Å². The van der Waals surface area contributed by atoms with Crippen LogP contribution in [-0.4, -0.2) is 56.9 Å². The molecule has 1 aromatic carbocycles. The van der Waals surface area contributed by atoms with Crippen molar-refractivity contribution in [2.24, 2.45) is 5.92 Å². The standard InChI is InChI=1S/C20H29N3O5S/c1-15(24)22-17-4-6-19(7-5-17)29(26,27)23-10-8-16(9-11-23)13-20(25)21-14-18-3-2-12-28-18/h4-7,16,18H,2-3,8-14H2,1H3,(H,21,25)(H,22,24)/t18-/m0/s1. The summed E-state index contributed by atoms with van der Waals surface area (Å²) in [7, 11) is -3.58. The van der Waals surface area contributed by atoms with Crippen molar-refractivity contribution in [2.45, 2.75) is 50.0 Å². The number of piperidine rings is 1. The summed E-state index contributed by atoms with van der Waals surface area (Å²) < 4.78 is 32.7. The van der Waals surface area contributed by atoms with E-state index in [-0.39, 0.29) is 28.7 Å². The Morgan fingerprint density at radius 3 is 2.41 bits per heavy atom. The second kappa shape index (κ2) is 9.69. The molecule has 8 nitrogen and oxygen atoms in total. The Morgan fingerprint density at radius 1 is 1.14 bits per heavy atom. The molecule has 2 amide bonds. The molecule has 0 aromatic heterocycles. The van der Waals surface area contributed by atoms with Gasteiger partial charge in [-0.05, 0) is 55.9 Å². The molecular weight excluding hydrogens is 394 g/mol. The topological polar surface area (TPSA) is 105 Å². The fourth-order valence-corrected chi connectivity index (χ4v) is 5.25. The number of amides is 2. The van der Waals surface area contributed by atoms with Gasteiger partial charge in [-0.3, -0.25) is 9.59 Å². The zero-order chi connectivity index (χ0) is 20.9. The number of carbonyl (C=O) groups is 2. The van der Waals surface area contributed by atoms with Gasteiger partial charge in [0.25, 0.3) is 0 Å². The zero-order valence-corrected chi connectivity index (χ0v) is 17.5. The minimum atomic E-state index is -3.58. The van der Waals surface area contributed by atoms with Gasteiger partial charge < -0.3 is 15.4 Å². The van der Waals surface area contributed by atoms with Crippen LogP contribution >= 0.6 is 0 Å². The lowest BCUT2D eigenvalue weighted by Crippen LogP contribution is -2.40. The summed E-state index contributed by atoms with van der Waals surface area (Å²) in [5.41, 5.74) is 0.559. The smallest absolute Gasteiger partial charge is 0.243 e. The monoisotopic (exact) mass is 423 g/mol. The highest BCUT2D eigenvalue weighted by atomic mass is 32.2. The molecule has 2 N–H and O–H groups in total. The first-order valence-electron chi connectivity index (χ1n) is 10.1. The molecule has 3 rings (SSSR count). The fraction of sp³-hybridized carbons (Fsp3) is 0.600. The minimum Gasteiger partial charge on any atom is -0.376 e. The molecule has 2 saturated heterocycles. The molecule has 0 unspecified atom stereocenters. The highest BCUT2D eigenvalue weighted by Gasteiger charge is 2.30. The van der Waals surface area contributed by atoms with Gasteiger partial charge in [0.1, 0.15) is 0 Å². The maximum atomic E-state index is 12.8. The summed E-state index contributed by atoms with van der Waals surface area (Å²) in [6.07, 6.45) is 3.91. The van der Waals surface area contributed by atoms with Crippen LogP contribution in [0.25, 0.3) is 0 Å². The van der Waals surface area contributed by atoms with E-state index in [0.717, 1.165) is 19.4 Å². The molecule has 2 aliphatic rings. The SMILES string of the molecule is CC(=O)Nc1ccc(S(=O)(=O)N2CCC(CC(=O)NC[C@@H]3CCCO3)CC2)cc1. The molecule has 2 heterocycles. The van der Waals surface area contributed by atoms with Crippen LogP contribution in [0.15, 0.2) is 29.2 Å². The predicted octanol–water partition coefficient (Wildman–Crippen LogP) is 1.73. The number of benzene rings is 1. The maximum absolute atomic E-state index is 12.8. The molecule has 0 spiro atoms. The predicted molar refractivity (Wildman–Crippen MR) is 109 cm³/mol. The molecule has 0 saturated carbocycles. The highest BCUT2D eigenvalue weighted by Crippen LogP contribution is 2.26. The summed E-state index contributed by atoms with van der Waals surface area (Å²) in [5.74, 6) is -0.00839. The van der Waals surface area contributed by atoms with Crippen LogP contribution in [-0.2, 0) is 24.3 Å². The Morgan fingerprint density at radius 2 is 1.83 bits per heavy atom. The second-order valence-electron chi connectivity index (χ2n) is 7.70. The van der Waals surface area contributed by atoms with Crippen LogP contribution in [0.2, 0.25) is 0 Å². The van der Waals surface area contributed by atoms with Gasteiger partial charge in [0.2, 0.25) is 21.8 Å². The van der Waals surface area contributed by atoms with Crippen LogP contribution in [0.5, 0.6) is 0 Å². The van der Waals surface area contributed by atoms with E-state index >= 15 is 0 Å². The number of ether oxygens (including phenoxy) is 1. The van der Waals surface area contributed by atoms with Gasteiger partial charge in [-0.2, -0.15) is 4.31 Å². The molecule has 0 radical (unpaired) electrons. The summed E-state index contributed by atoms with van der Waals surface area (Å²) in [4.78, 5) is 23.4. The van der Waals surface area contributed by atoms with Gasteiger partial charge in [0, 0.05) is 45.3 Å². The average Bonchev–Trinajstić information content (AvgIpc) is 3.20. The average molecular weight is 424 g/mol. The first kappa shape index (κ1) is 21.7. The van der Waals surface area contributed by atoms with Crippen LogP contribution in [0.3, 0.4) is 0 Å². The molecule has 1 atom stereocenters. The number of carbonyl (C=O) groups excluding carboxylic acids is 2.